The topological polar surface area (TPSA) is 63.6 Å². The second-order valence-corrected chi connectivity index (χ2v) is 5.13. The van der Waals surface area contributed by atoms with Crippen LogP contribution in [0.1, 0.15) is 20.7 Å². The molecule has 0 amide bonds. The number of carbonyl (C=O) groups excluding carboxylic acids is 1. The summed E-state index contributed by atoms with van der Waals surface area (Å²) in [5, 5.41) is 9.26. The van der Waals surface area contributed by atoms with Gasteiger partial charge in [-0.25, -0.2) is 9.59 Å². The standard InChI is InChI=1S/C20H14O4/c21-19(22)18-9-5-4-8-17(18)14-10-12-16(13-11-14)24-20(23)15-6-2-1-3-7-15/h1-13H,(H,21,22). The van der Waals surface area contributed by atoms with Crippen LogP contribution >= 0.6 is 0 Å². The number of carbonyl (C=O) groups is 2. The molecule has 0 aromatic heterocycles. The van der Waals surface area contributed by atoms with E-state index in [9.17, 15) is 14.7 Å². The lowest BCUT2D eigenvalue weighted by Gasteiger charge is -2.08. The van der Waals surface area contributed by atoms with Crippen LogP contribution in [0.5, 0.6) is 5.75 Å². The van der Waals surface area contributed by atoms with Crippen LogP contribution in [0, 0.1) is 0 Å². The number of aromatic carboxylic acids is 1. The highest BCUT2D eigenvalue weighted by molar-refractivity contribution is 5.96. The maximum Gasteiger partial charge on any atom is 0.343 e. The fourth-order valence-corrected chi connectivity index (χ4v) is 2.36. The molecule has 4 heteroatoms. The van der Waals surface area contributed by atoms with Gasteiger partial charge in [0.25, 0.3) is 0 Å². The number of hydrogen-bond donors (Lipinski definition) is 1. The predicted molar refractivity (Wildman–Crippen MR) is 90.2 cm³/mol. The van der Waals surface area contributed by atoms with Gasteiger partial charge >= 0.3 is 11.9 Å². The summed E-state index contributed by atoms with van der Waals surface area (Å²) in [6.45, 7) is 0. The smallest absolute Gasteiger partial charge is 0.343 e. The number of ether oxygens (including phenoxy) is 1. The third kappa shape index (κ3) is 3.33. The van der Waals surface area contributed by atoms with Crippen molar-refractivity contribution >= 4 is 11.9 Å². The van der Waals surface area contributed by atoms with Crippen molar-refractivity contribution in [2.24, 2.45) is 0 Å². The fourth-order valence-electron chi connectivity index (χ4n) is 2.36. The lowest BCUT2D eigenvalue weighted by molar-refractivity contribution is 0.0695. The predicted octanol–water partition coefficient (Wildman–Crippen LogP) is 4.27. The number of hydrogen-bond acceptors (Lipinski definition) is 3. The SMILES string of the molecule is O=C(Oc1ccc(-c2ccccc2C(=O)O)cc1)c1ccccc1. The van der Waals surface area contributed by atoms with E-state index in [1.807, 2.05) is 6.07 Å². The molecule has 0 fully saturated rings. The van der Waals surface area contributed by atoms with Crippen molar-refractivity contribution in [3.8, 4) is 16.9 Å². The van der Waals surface area contributed by atoms with Crippen molar-refractivity contribution in [2.45, 2.75) is 0 Å². The molecule has 0 radical (unpaired) electrons. The van der Waals surface area contributed by atoms with Crippen LogP contribution in [0.25, 0.3) is 11.1 Å². The monoisotopic (exact) mass is 318 g/mol. The number of carboxylic acids is 1. The normalized spacial score (nSPS) is 10.2. The van der Waals surface area contributed by atoms with Crippen LogP contribution in [-0.4, -0.2) is 17.0 Å². The molecule has 3 aromatic rings. The molecule has 0 heterocycles. The van der Waals surface area contributed by atoms with Crippen molar-refractivity contribution in [1.29, 1.82) is 0 Å². The first kappa shape index (κ1) is 15.5. The van der Waals surface area contributed by atoms with E-state index >= 15 is 0 Å². The second-order valence-electron chi connectivity index (χ2n) is 5.13. The highest BCUT2D eigenvalue weighted by atomic mass is 16.5. The Labute approximate surface area is 139 Å². The number of carboxylic acid groups (broad SMARTS) is 1. The van der Waals surface area contributed by atoms with Crippen molar-refractivity contribution in [3.05, 3.63) is 90.0 Å². The molecule has 4 nitrogen and oxygen atoms in total. The first-order valence-corrected chi connectivity index (χ1v) is 7.35. The van der Waals surface area contributed by atoms with Gasteiger partial charge in [0.1, 0.15) is 5.75 Å². The average molecular weight is 318 g/mol. The summed E-state index contributed by atoms with van der Waals surface area (Å²) in [5.74, 6) is -1.01. The second kappa shape index (κ2) is 6.79. The van der Waals surface area contributed by atoms with E-state index in [2.05, 4.69) is 0 Å². The highest BCUT2D eigenvalue weighted by Gasteiger charge is 2.12. The third-order valence-electron chi connectivity index (χ3n) is 3.54. The van der Waals surface area contributed by atoms with Crippen molar-refractivity contribution in [3.63, 3.8) is 0 Å². The Balaban J connectivity index is 1.82. The first-order chi connectivity index (χ1) is 11.6. The molecule has 0 spiro atoms. The van der Waals surface area contributed by atoms with Gasteiger partial charge in [0.05, 0.1) is 11.1 Å². The molecule has 0 bridgehead atoms. The molecule has 3 aromatic carbocycles. The highest BCUT2D eigenvalue weighted by Crippen LogP contribution is 2.26. The van der Waals surface area contributed by atoms with Gasteiger partial charge in [0.15, 0.2) is 0 Å². The van der Waals surface area contributed by atoms with Gasteiger partial charge in [0, 0.05) is 0 Å². The maximum atomic E-state index is 12.0. The summed E-state index contributed by atoms with van der Waals surface area (Å²) in [5.41, 5.74) is 2.06. The molecule has 0 unspecified atom stereocenters. The first-order valence-electron chi connectivity index (χ1n) is 7.35. The molecule has 24 heavy (non-hydrogen) atoms. The van der Waals surface area contributed by atoms with E-state index in [0.717, 1.165) is 5.56 Å². The van der Waals surface area contributed by atoms with E-state index in [4.69, 9.17) is 4.74 Å². The Hall–Kier alpha value is -3.40. The zero-order chi connectivity index (χ0) is 16.9. The van der Waals surface area contributed by atoms with Crippen LogP contribution < -0.4 is 4.74 Å². The minimum atomic E-state index is -0.981. The van der Waals surface area contributed by atoms with Crippen LogP contribution in [-0.2, 0) is 0 Å². The lowest BCUT2D eigenvalue weighted by Crippen LogP contribution is -2.08. The maximum absolute atomic E-state index is 12.0. The average Bonchev–Trinajstić information content (AvgIpc) is 2.63. The number of benzene rings is 3. The summed E-state index contributed by atoms with van der Waals surface area (Å²) in [4.78, 5) is 23.3. The zero-order valence-electron chi connectivity index (χ0n) is 12.7. The van der Waals surface area contributed by atoms with E-state index < -0.39 is 11.9 Å². The van der Waals surface area contributed by atoms with Crippen molar-refractivity contribution in [1.82, 2.24) is 0 Å². The molecule has 1 N–H and O–H groups in total. The quantitative estimate of drug-likeness (QED) is 0.576. The van der Waals surface area contributed by atoms with Gasteiger partial charge in [-0.2, -0.15) is 0 Å². The van der Waals surface area contributed by atoms with E-state index in [0.29, 0.717) is 16.9 Å². The summed E-state index contributed by atoms with van der Waals surface area (Å²) < 4.78 is 5.31. The Morgan fingerprint density at radius 3 is 2.04 bits per heavy atom. The lowest BCUT2D eigenvalue weighted by atomic mass is 10.00. The van der Waals surface area contributed by atoms with E-state index in [1.54, 1.807) is 72.8 Å². The molecule has 0 aliphatic rings. The summed E-state index contributed by atoms with van der Waals surface area (Å²) in [6.07, 6.45) is 0. The van der Waals surface area contributed by atoms with Gasteiger partial charge in [-0.3, -0.25) is 0 Å². The third-order valence-corrected chi connectivity index (χ3v) is 3.54. The van der Waals surface area contributed by atoms with Gasteiger partial charge in [0.2, 0.25) is 0 Å². The Morgan fingerprint density at radius 2 is 1.38 bits per heavy atom. The van der Waals surface area contributed by atoms with Crippen molar-refractivity contribution in [2.75, 3.05) is 0 Å². The van der Waals surface area contributed by atoms with Crippen LogP contribution in [0.15, 0.2) is 78.9 Å². The molecular formula is C20H14O4. The fraction of sp³-hybridized carbons (Fsp3) is 0. The Morgan fingerprint density at radius 1 is 0.750 bits per heavy atom. The molecule has 0 saturated carbocycles. The molecule has 0 aliphatic carbocycles. The van der Waals surface area contributed by atoms with Crippen LogP contribution in [0.4, 0.5) is 0 Å². The van der Waals surface area contributed by atoms with Gasteiger partial charge < -0.3 is 9.84 Å². The molecule has 0 saturated heterocycles. The largest absolute Gasteiger partial charge is 0.478 e. The van der Waals surface area contributed by atoms with E-state index in [1.165, 1.54) is 0 Å². The van der Waals surface area contributed by atoms with Gasteiger partial charge in [-0.15, -0.1) is 0 Å². The zero-order valence-corrected chi connectivity index (χ0v) is 12.7. The minimum Gasteiger partial charge on any atom is -0.478 e. The molecule has 0 atom stereocenters. The van der Waals surface area contributed by atoms with Crippen LogP contribution in [0.2, 0.25) is 0 Å². The molecule has 3 rings (SSSR count). The molecular weight excluding hydrogens is 304 g/mol. The molecule has 118 valence electrons. The Bertz CT molecular complexity index is 868. The molecule has 0 aliphatic heterocycles. The summed E-state index contributed by atoms with van der Waals surface area (Å²) in [6, 6.07) is 22.2. The minimum absolute atomic E-state index is 0.228. The van der Waals surface area contributed by atoms with E-state index in [-0.39, 0.29) is 5.56 Å². The van der Waals surface area contributed by atoms with Crippen molar-refractivity contribution < 1.29 is 19.4 Å². The van der Waals surface area contributed by atoms with Crippen LogP contribution in [0.3, 0.4) is 0 Å². The van der Waals surface area contributed by atoms with Gasteiger partial charge in [-0.05, 0) is 41.5 Å². The Kier molecular flexibility index (Phi) is 4.38. The number of esters is 1. The number of rotatable bonds is 4. The summed E-state index contributed by atoms with van der Waals surface area (Å²) in [7, 11) is 0. The summed E-state index contributed by atoms with van der Waals surface area (Å²) >= 11 is 0. The van der Waals surface area contributed by atoms with Gasteiger partial charge in [-0.1, -0.05) is 48.5 Å².